The van der Waals surface area contributed by atoms with Crippen LogP contribution in [-0.4, -0.2) is 37.6 Å². The van der Waals surface area contributed by atoms with Crippen LogP contribution in [0.1, 0.15) is 11.1 Å². The number of hydrogen-bond donors (Lipinski definition) is 0. The first-order valence-electron chi connectivity index (χ1n) is 8.37. The lowest BCUT2D eigenvalue weighted by Crippen LogP contribution is -2.40. The molecule has 28 heavy (non-hydrogen) atoms. The molecule has 0 aliphatic carbocycles. The van der Waals surface area contributed by atoms with Crippen LogP contribution in [0.4, 0.5) is 8.78 Å². The molecule has 0 radical (unpaired) electrons. The molecule has 0 saturated carbocycles. The highest BCUT2D eigenvalue weighted by Gasteiger charge is 2.25. The van der Waals surface area contributed by atoms with Gasteiger partial charge in [0.2, 0.25) is 0 Å². The van der Waals surface area contributed by atoms with E-state index in [2.05, 4.69) is 28.4 Å². The van der Waals surface area contributed by atoms with E-state index >= 15 is 0 Å². The number of methoxy groups -OCH3 is 1. The third-order valence-electron chi connectivity index (χ3n) is 3.85. The molecule has 0 heterocycles. The maximum absolute atomic E-state index is 13.1. The Morgan fingerprint density at radius 2 is 1.36 bits per heavy atom. The molecular weight excluding hydrogens is 360 g/mol. The van der Waals surface area contributed by atoms with Crippen LogP contribution in [0.15, 0.2) is 60.7 Å². The maximum atomic E-state index is 13.1. The monoisotopic (exact) mass is 379 g/mol. The van der Waals surface area contributed by atoms with Crippen molar-refractivity contribution in [1.29, 1.82) is 0 Å². The number of nitrogens with zero attached hydrogens (tertiary/aromatic N) is 1. The number of rotatable bonds is 3. The van der Waals surface area contributed by atoms with E-state index in [0.29, 0.717) is 11.1 Å². The Morgan fingerprint density at radius 1 is 0.929 bits per heavy atom. The van der Waals surface area contributed by atoms with E-state index < -0.39 is 11.5 Å². The molecular formula is C23H19F2NO2. The van der Waals surface area contributed by atoms with Gasteiger partial charge in [-0.15, -0.1) is 0 Å². The Bertz CT molecular complexity index is 906. The molecule has 3 nitrogen and oxygen atoms in total. The van der Waals surface area contributed by atoms with Gasteiger partial charge >= 0.3 is 5.97 Å². The fourth-order valence-corrected chi connectivity index (χ4v) is 2.15. The lowest BCUT2D eigenvalue weighted by Gasteiger charge is -2.26. The minimum atomic E-state index is -1.13. The zero-order valence-electron chi connectivity index (χ0n) is 15.8. The summed E-state index contributed by atoms with van der Waals surface area (Å²) in [6, 6.07) is 11.5. The molecule has 5 heteroatoms. The number of halogens is 2. The van der Waals surface area contributed by atoms with Gasteiger partial charge in [-0.1, -0.05) is 23.7 Å². The van der Waals surface area contributed by atoms with Crippen molar-refractivity contribution in [2.45, 2.75) is 5.54 Å². The van der Waals surface area contributed by atoms with Gasteiger partial charge in [-0.05, 0) is 68.7 Å². The van der Waals surface area contributed by atoms with Crippen molar-refractivity contribution in [3.8, 4) is 23.7 Å². The quantitative estimate of drug-likeness (QED) is 0.465. The first-order chi connectivity index (χ1) is 13.3. The second kappa shape index (κ2) is 9.50. The zero-order chi connectivity index (χ0) is 20.6. The van der Waals surface area contributed by atoms with E-state index in [9.17, 15) is 13.6 Å². The first-order valence-corrected chi connectivity index (χ1v) is 8.37. The van der Waals surface area contributed by atoms with Crippen LogP contribution in [0.3, 0.4) is 0 Å². The molecule has 2 aromatic carbocycles. The first kappa shape index (κ1) is 20.9. The van der Waals surface area contributed by atoms with Crippen LogP contribution in [0.25, 0.3) is 0 Å². The van der Waals surface area contributed by atoms with E-state index in [-0.39, 0.29) is 11.6 Å². The van der Waals surface area contributed by atoms with Gasteiger partial charge in [0, 0.05) is 17.2 Å². The number of ether oxygens (including phenoxy) is 1. The molecule has 0 atom stereocenters. The van der Waals surface area contributed by atoms with Crippen molar-refractivity contribution in [3.05, 3.63) is 83.4 Å². The molecule has 0 N–H and O–H groups in total. The SMILES string of the molecule is COC(=O)/C=C/C(C#Cc1ccc(F)cc1)(C#Cc1ccc(F)cc1)N(C)C. The van der Waals surface area contributed by atoms with Crippen LogP contribution in [-0.2, 0) is 9.53 Å². The van der Waals surface area contributed by atoms with Crippen molar-refractivity contribution >= 4 is 5.97 Å². The van der Waals surface area contributed by atoms with Crippen molar-refractivity contribution in [2.75, 3.05) is 21.2 Å². The van der Waals surface area contributed by atoms with Crippen molar-refractivity contribution in [3.63, 3.8) is 0 Å². The lowest BCUT2D eigenvalue weighted by atomic mass is 9.97. The smallest absolute Gasteiger partial charge is 0.330 e. The second-order valence-electron chi connectivity index (χ2n) is 6.03. The largest absolute Gasteiger partial charge is 0.466 e. The topological polar surface area (TPSA) is 29.5 Å². The number of hydrogen-bond acceptors (Lipinski definition) is 3. The summed E-state index contributed by atoms with van der Waals surface area (Å²) in [7, 11) is 4.80. The van der Waals surface area contributed by atoms with Crippen molar-refractivity contribution < 1.29 is 18.3 Å². The molecule has 0 spiro atoms. The van der Waals surface area contributed by atoms with E-state index in [1.807, 2.05) is 0 Å². The summed E-state index contributed by atoms with van der Waals surface area (Å²) in [5, 5.41) is 0. The predicted molar refractivity (Wildman–Crippen MR) is 104 cm³/mol. The highest BCUT2D eigenvalue weighted by atomic mass is 19.1. The summed E-state index contributed by atoms with van der Waals surface area (Å²) in [4.78, 5) is 13.3. The lowest BCUT2D eigenvalue weighted by molar-refractivity contribution is -0.134. The van der Waals surface area contributed by atoms with Gasteiger partial charge in [-0.2, -0.15) is 0 Å². The standard InChI is InChI=1S/C23H19F2NO2/c1-26(2)23(17-14-22(27)28-3,15-12-18-4-8-20(24)9-5-18)16-13-19-6-10-21(25)11-7-19/h4-11,14,17H,1-3H3/b17-14+. The predicted octanol–water partition coefficient (Wildman–Crippen LogP) is 3.40. The summed E-state index contributed by atoms with van der Waals surface area (Å²) in [5.41, 5.74) is 0.0714. The number of carbonyl (C=O) groups excluding carboxylic acids is 1. The highest BCUT2D eigenvalue weighted by molar-refractivity contribution is 5.82. The normalized spacial score (nSPS) is 10.8. The van der Waals surface area contributed by atoms with E-state index in [4.69, 9.17) is 0 Å². The fraction of sp³-hybridized carbons (Fsp3) is 0.174. The van der Waals surface area contributed by atoms with Crippen molar-refractivity contribution in [2.24, 2.45) is 0 Å². The second-order valence-corrected chi connectivity index (χ2v) is 6.03. The summed E-state index contributed by atoms with van der Waals surface area (Å²) < 4.78 is 30.9. The van der Waals surface area contributed by atoms with E-state index in [1.165, 1.54) is 43.5 Å². The number of carbonyl (C=O) groups is 1. The average Bonchev–Trinajstić information content (AvgIpc) is 2.69. The Labute approximate surface area is 163 Å². The number of esters is 1. The van der Waals surface area contributed by atoms with E-state index in [0.717, 1.165) is 0 Å². The number of benzene rings is 2. The summed E-state index contributed by atoms with van der Waals surface area (Å²) >= 11 is 0. The van der Waals surface area contributed by atoms with Crippen LogP contribution in [0.5, 0.6) is 0 Å². The third-order valence-corrected chi connectivity index (χ3v) is 3.85. The van der Waals surface area contributed by atoms with Crippen LogP contribution < -0.4 is 0 Å². The van der Waals surface area contributed by atoms with Crippen LogP contribution in [0, 0.1) is 35.3 Å². The minimum Gasteiger partial charge on any atom is -0.466 e. The van der Waals surface area contributed by atoms with Gasteiger partial charge in [0.15, 0.2) is 5.54 Å². The maximum Gasteiger partial charge on any atom is 0.330 e. The molecule has 0 aliphatic rings. The molecule has 142 valence electrons. The molecule has 2 aromatic rings. The van der Waals surface area contributed by atoms with Crippen molar-refractivity contribution in [1.82, 2.24) is 4.90 Å². The Hall–Kier alpha value is -3.41. The summed E-state index contributed by atoms with van der Waals surface area (Å²) in [5.74, 6) is 10.7. The Balaban J connectivity index is 2.52. The van der Waals surface area contributed by atoms with Crippen LogP contribution in [0.2, 0.25) is 0 Å². The Morgan fingerprint density at radius 3 is 1.71 bits per heavy atom. The molecule has 0 unspecified atom stereocenters. The van der Waals surface area contributed by atoms with Gasteiger partial charge in [0.1, 0.15) is 11.6 Å². The van der Waals surface area contributed by atoms with Gasteiger partial charge in [-0.3, -0.25) is 4.90 Å². The molecule has 0 saturated heterocycles. The zero-order valence-corrected chi connectivity index (χ0v) is 15.8. The van der Waals surface area contributed by atoms with Gasteiger partial charge in [-0.25, -0.2) is 13.6 Å². The molecule has 2 rings (SSSR count). The highest BCUT2D eigenvalue weighted by Crippen LogP contribution is 2.14. The molecule has 0 bridgehead atoms. The molecule has 0 aliphatic heterocycles. The Kier molecular flexibility index (Phi) is 7.09. The third kappa shape index (κ3) is 5.81. The van der Waals surface area contributed by atoms with Gasteiger partial charge in [0.05, 0.1) is 7.11 Å². The summed E-state index contributed by atoms with van der Waals surface area (Å²) in [6.07, 6.45) is 2.78. The molecule has 0 fully saturated rings. The van der Waals surface area contributed by atoms with Crippen LogP contribution >= 0.6 is 0 Å². The van der Waals surface area contributed by atoms with E-state index in [1.54, 1.807) is 43.3 Å². The molecule has 0 amide bonds. The van der Waals surface area contributed by atoms with Gasteiger partial charge < -0.3 is 4.74 Å². The number of likely N-dealkylation sites (N-methyl/N-ethyl adjacent to an activating group) is 1. The minimum absolute atomic E-state index is 0.355. The summed E-state index contributed by atoms with van der Waals surface area (Å²) in [6.45, 7) is 0. The fourth-order valence-electron chi connectivity index (χ4n) is 2.15. The molecule has 0 aromatic heterocycles. The van der Waals surface area contributed by atoms with Gasteiger partial charge in [0.25, 0.3) is 0 Å². The average molecular weight is 379 g/mol.